The van der Waals surface area contributed by atoms with Crippen LogP contribution in [-0.4, -0.2) is 43.8 Å². The summed E-state index contributed by atoms with van der Waals surface area (Å²) < 4.78 is 5.48. The third kappa shape index (κ3) is 4.29. The lowest BCUT2D eigenvalue weighted by Crippen LogP contribution is -2.50. The van der Waals surface area contributed by atoms with Gasteiger partial charge < -0.3 is 15.4 Å². The maximum absolute atomic E-state index is 12.0. The highest BCUT2D eigenvalue weighted by atomic mass is 32.2. The van der Waals surface area contributed by atoms with Crippen molar-refractivity contribution >= 4 is 17.8 Å². The molecule has 116 valence electrons. The Morgan fingerprint density at radius 2 is 2.10 bits per heavy atom. The fraction of sp³-hybridized carbons (Fsp3) is 0.933. The van der Waals surface area contributed by atoms with Gasteiger partial charge in [-0.2, -0.15) is 11.8 Å². The Balaban J connectivity index is 1.70. The summed E-state index contributed by atoms with van der Waals surface area (Å²) >= 11 is 1.86. The van der Waals surface area contributed by atoms with Gasteiger partial charge >= 0.3 is 6.03 Å². The molecule has 2 fully saturated rings. The molecule has 0 aromatic heterocycles. The van der Waals surface area contributed by atoms with Gasteiger partial charge in [-0.05, 0) is 55.9 Å². The third-order valence-electron chi connectivity index (χ3n) is 4.76. The van der Waals surface area contributed by atoms with E-state index in [1.165, 1.54) is 25.0 Å². The van der Waals surface area contributed by atoms with Crippen LogP contribution in [0.15, 0.2) is 0 Å². The molecule has 0 aromatic rings. The van der Waals surface area contributed by atoms with Crippen LogP contribution in [0.4, 0.5) is 4.79 Å². The van der Waals surface area contributed by atoms with Gasteiger partial charge in [0.05, 0.1) is 0 Å². The van der Waals surface area contributed by atoms with Crippen LogP contribution in [0.1, 0.15) is 44.9 Å². The van der Waals surface area contributed by atoms with Crippen LogP contribution in [0.3, 0.4) is 0 Å². The van der Waals surface area contributed by atoms with Crippen molar-refractivity contribution in [2.24, 2.45) is 5.41 Å². The topological polar surface area (TPSA) is 50.4 Å². The lowest BCUT2D eigenvalue weighted by atomic mass is 9.75. The van der Waals surface area contributed by atoms with Crippen molar-refractivity contribution in [3.63, 3.8) is 0 Å². The van der Waals surface area contributed by atoms with Crippen molar-refractivity contribution in [3.05, 3.63) is 0 Å². The SMILES string of the molecule is CSCCCCNC(=O)N[C@@H]1CCCC12CCOCC2. The minimum Gasteiger partial charge on any atom is -0.381 e. The van der Waals surface area contributed by atoms with Crippen molar-refractivity contribution in [2.75, 3.05) is 31.8 Å². The van der Waals surface area contributed by atoms with Gasteiger partial charge in [-0.3, -0.25) is 0 Å². The molecule has 1 spiro atoms. The molecule has 4 nitrogen and oxygen atoms in total. The monoisotopic (exact) mass is 300 g/mol. The summed E-state index contributed by atoms with van der Waals surface area (Å²) in [5.74, 6) is 1.18. The predicted molar refractivity (Wildman–Crippen MR) is 84.3 cm³/mol. The molecule has 0 unspecified atom stereocenters. The average molecular weight is 300 g/mol. The Bertz CT molecular complexity index is 306. The van der Waals surface area contributed by atoms with Crippen molar-refractivity contribution in [1.82, 2.24) is 10.6 Å². The Hall–Kier alpha value is -0.420. The van der Waals surface area contributed by atoms with E-state index in [4.69, 9.17) is 4.74 Å². The van der Waals surface area contributed by atoms with E-state index in [0.29, 0.717) is 11.5 Å². The first kappa shape index (κ1) is 16.0. The number of nitrogens with one attached hydrogen (secondary N) is 2. The number of unbranched alkanes of at least 4 members (excludes halogenated alkanes) is 1. The number of urea groups is 1. The maximum Gasteiger partial charge on any atom is 0.315 e. The summed E-state index contributed by atoms with van der Waals surface area (Å²) in [4.78, 5) is 12.0. The van der Waals surface area contributed by atoms with Crippen molar-refractivity contribution in [3.8, 4) is 0 Å². The smallest absolute Gasteiger partial charge is 0.315 e. The van der Waals surface area contributed by atoms with E-state index < -0.39 is 0 Å². The van der Waals surface area contributed by atoms with Gasteiger partial charge in [-0.25, -0.2) is 4.79 Å². The van der Waals surface area contributed by atoms with Crippen molar-refractivity contribution < 1.29 is 9.53 Å². The molecule has 2 N–H and O–H groups in total. The number of rotatable bonds is 6. The van der Waals surface area contributed by atoms with E-state index in [-0.39, 0.29) is 6.03 Å². The molecule has 0 radical (unpaired) electrons. The highest BCUT2D eigenvalue weighted by Gasteiger charge is 2.44. The number of carbonyl (C=O) groups is 1. The van der Waals surface area contributed by atoms with Crippen LogP contribution >= 0.6 is 11.8 Å². The molecule has 1 saturated heterocycles. The number of ether oxygens (including phenoxy) is 1. The molecule has 2 amide bonds. The van der Waals surface area contributed by atoms with Crippen LogP contribution in [0, 0.1) is 5.41 Å². The van der Waals surface area contributed by atoms with E-state index in [1.807, 2.05) is 11.8 Å². The minimum atomic E-state index is 0.0203. The molecule has 20 heavy (non-hydrogen) atoms. The normalized spacial score (nSPS) is 24.8. The average Bonchev–Trinajstić information content (AvgIpc) is 2.82. The van der Waals surface area contributed by atoms with E-state index in [0.717, 1.165) is 45.4 Å². The van der Waals surface area contributed by atoms with Gasteiger partial charge in [0, 0.05) is 25.8 Å². The fourth-order valence-corrected chi connectivity index (χ4v) is 4.02. The molecule has 1 heterocycles. The largest absolute Gasteiger partial charge is 0.381 e. The number of amides is 2. The third-order valence-corrected chi connectivity index (χ3v) is 5.46. The van der Waals surface area contributed by atoms with Gasteiger partial charge in [0.15, 0.2) is 0 Å². The summed E-state index contributed by atoms with van der Waals surface area (Å²) in [6.45, 7) is 2.50. The summed E-state index contributed by atoms with van der Waals surface area (Å²) in [6, 6.07) is 0.365. The Labute approximate surface area is 126 Å². The number of thioether (sulfide) groups is 1. The first-order chi connectivity index (χ1) is 9.77. The molecule has 0 aromatic carbocycles. The number of carbonyl (C=O) groups excluding carboxylic acids is 1. The highest BCUT2D eigenvalue weighted by molar-refractivity contribution is 7.98. The van der Waals surface area contributed by atoms with Gasteiger partial charge in [-0.15, -0.1) is 0 Å². The molecule has 5 heteroatoms. The van der Waals surface area contributed by atoms with Crippen molar-refractivity contribution in [1.29, 1.82) is 0 Å². The second-order valence-electron chi connectivity index (χ2n) is 6.02. The van der Waals surface area contributed by atoms with Crippen LogP contribution in [0.25, 0.3) is 0 Å². The second-order valence-corrected chi connectivity index (χ2v) is 7.01. The van der Waals surface area contributed by atoms with E-state index >= 15 is 0 Å². The van der Waals surface area contributed by atoms with E-state index in [9.17, 15) is 4.79 Å². The minimum absolute atomic E-state index is 0.0203. The molecular weight excluding hydrogens is 272 g/mol. The molecule has 1 atom stereocenters. The van der Waals surface area contributed by atoms with E-state index in [1.54, 1.807) is 0 Å². The second kappa shape index (κ2) is 8.13. The molecule has 2 rings (SSSR count). The molecule has 1 saturated carbocycles. The standard InChI is InChI=1S/C15H28N2O2S/c1-20-12-3-2-9-16-14(18)17-13-5-4-6-15(13)7-10-19-11-8-15/h13H,2-12H2,1H3,(H2,16,17,18)/t13-/m1/s1. The van der Waals surface area contributed by atoms with Crippen LogP contribution in [0.5, 0.6) is 0 Å². The maximum atomic E-state index is 12.0. The predicted octanol–water partition coefficient (Wildman–Crippen LogP) is 2.78. The van der Waals surface area contributed by atoms with Gasteiger partial charge in [0.2, 0.25) is 0 Å². The summed E-state index contributed by atoms with van der Waals surface area (Å²) in [5, 5.41) is 6.22. The van der Waals surface area contributed by atoms with Gasteiger partial charge in [0.25, 0.3) is 0 Å². The Morgan fingerprint density at radius 3 is 2.85 bits per heavy atom. The summed E-state index contributed by atoms with van der Waals surface area (Å²) in [6.07, 6.45) is 10.2. The molecule has 2 aliphatic rings. The number of hydrogen-bond donors (Lipinski definition) is 2. The van der Waals surface area contributed by atoms with E-state index in [2.05, 4.69) is 16.9 Å². The molecule has 0 bridgehead atoms. The summed E-state index contributed by atoms with van der Waals surface area (Å²) in [7, 11) is 0. The Morgan fingerprint density at radius 1 is 1.30 bits per heavy atom. The zero-order chi connectivity index (χ0) is 14.3. The first-order valence-corrected chi connectivity index (χ1v) is 9.27. The quantitative estimate of drug-likeness (QED) is 0.742. The van der Waals surface area contributed by atoms with Gasteiger partial charge in [-0.1, -0.05) is 6.42 Å². The summed E-state index contributed by atoms with van der Waals surface area (Å²) in [5.41, 5.74) is 0.314. The van der Waals surface area contributed by atoms with Crippen LogP contribution < -0.4 is 10.6 Å². The van der Waals surface area contributed by atoms with Crippen LogP contribution in [-0.2, 0) is 4.74 Å². The zero-order valence-corrected chi connectivity index (χ0v) is 13.4. The molecular formula is C15H28N2O2S. The van der Waals surface area contributed by atoms with Gasteiger partial charge in [0.1, 0.15) is 0 Å². The molecule has 1 aliphatic heterocycles. The fourth-order valence-electron chi connectivity index (χ4n) is 3.52. The Kier molecular flexibility index (Phi) is 6.49. The first-order valence-electron chi connectivity index (χ1n) is 7.88. The van der Waals surface area contributed by atoms with Crippen molar-refractivity contribution in [2.45, 2.75) is 51.0 Å². The number of hydrogen-bond acceptors (Lipinski definition) is 3. The highest BCUT2D eigenvalue weighted by Crippen LogP contribution is 2.45. The lowest BCUT2D eigenvalue weighted by molar-refractivity contribution is 0.00624. The lowest BCUT2D eigenvalue weighted by Gasteiger charge is -2.39. The zero-order valence-electron chi connectivity index (χ0n) is 12.6. The van der Waals surface area contributed by atoms with Crippen LogP contribution in [0.2, 0.25) is 0 Å². The molecule has 1 aliphatic carbocycles.